The van der Waals surface area contributed by atoms with Crippen LogP contribution in [0.25, 0.3) is 0 Å². The predicted octanol–water partition coefficient (Wildman–Crippen LogP) is 3.25. The lowest BCUT2D eigenvalue weighted by Gasteiger charge is -2.18. The van der Waals surface area contributed by atoms with Gasteiger partial charge in [-0.1, -0.05) is 11.6 Å². The van der Waals surface area contributed by atoms with Crippen LogP contribution in [0.4, 0.5) is 5.69 Å². The highest BCUT2D eigenvalue weighted by atomic mass is 35.5. The fraction of sp³-hybridized carbons (Fsp3) is 0.176. The Morgan fingerprint density at radius 3 is 2.64 bits per heavy atom. The standard InChI is InChI=1S/C17H15ClN2O4S/c1-22-13-5-3-11(9-12(13)18)19-17(25)20-16(21)10-2-4-14-15(8-10)24-7-6-23-14/h2-5,8-9H,6-7H2,1H3,(H2,19,20,21,25). The molecule has 25 heavy (non-hydrogen) atoms. The average molecular weight is 379 g/mol. The summed E-state index contributed by atoms with van der Waals surface area (Å²) in [6, 6.07) is 10.1. The molecule has 2 aromatic rings. The predicted molar refractivity (Wildman–Crippen MR) is 99.1 cm³/mol. The molecule has 0 unspecified atom stereocenters. The highest BCUT2D eigenvalue weighted by Crippen LogP contribution is 2.30. The Balaban J connectivity index is 1.64. The highest BCUT2D eigenvalue weighted by molar-refractivity contribution is 7.80. The largest absolute Gasteiger partial charge is 0.495 e. The van der Waals surface area contributed by atoms with Crippen LogP contribution in [0.3, 0.4) is 0 Å². The van der Waals surface area contributed by atoms with E-state index in [4.69, 9.17) is 38.0 Å². The molecule has 0 aromatic heterocycles. The van der Waals surface area contributed by atoms with Crippen molar-refractivity contribution in [3.8, 4) is 17.2 Å². The van der Waals surface area contributed by atoms with Gasteiger partial charge in [0.05, 0.1) is 12.1 Å². The molecule has 2 aromatic carbocycles. The van der Waals surface area contributed by atoms with Crippen molar-refractivity contribution in [1.29, 1.82) is 0 Å². The average Bonchev–Trinajstić information content (AvgIpc) is 2.61. The van der Waals surface area contributed by atoms with Crippen molar-refractivity contribution in [2.24, 2.45) is 0 Å². The number of fused-ring (bicyclic) bond motifs is 1. The van der Waals surface area contributed by atoms with E-state index in [0.29, 0.717) is 46.7 Å². The molecular formula is C17H15ClN2O4S. The van der Waals surface area contributed by atoms with E-state index in [-0.39, 0.29) is 11.0 Å². The van der Waals surface area contributed by atoms with Crippen molar-refractivity contribution in [2.45, 2.75) is 0 Å². The normalized spacial score (nSPS) is 12.2. The first-order chi connectivity index (χ1) is 12.1. The van der Waals surface area contributed by atoms with Crippen LogP contribution in [0.1, 0.15) is 10.4 Å². The molecule has 6 nitrogen and oxygen atoms in total. The summed E-state index contributed by atoms with van der Waals surface area (Å²) in [5.74, 6) is 1.36. The molecule has 0 radical (unpaired) electrons. The van der Waals surface area contributed by atoms with Crippen molar-refractivity contribution in [3.05, 3.63) is 47.0 Å². The number of benzene rings is 2. The molecule has 8 heteroatoms. The first-order valence-electron chi connectivity index (χ1n) is 7.42. The fourth-order valence-electron chi connectivity index (χ4n) is 2.27. The van der Waals surface area contributed by atoms with E-state index in [0.717, 1.165) is 0 Å². The Morgan fingerprint density at radius 1 is 1.16 bits per heavy atom. The number of methoxy groups -OCH3 is 1. The lowest BCUT2D eigenvalue weighted by Crippen LogP contribution is -2.34. The van der Waals surface area contributed by atoms with Gasteiger partial charge in [-0.2, -0.15) is 0 Å². The number of hydrogen-bond donors (Lipinski definition) is 2. The minimum atomic E-state index is -0.353. The maximum absolute atomic E-state index is 12.3. The van der Waals surface area contributed by atoms with E-state index >= 15 is 0 Å². The van der Waals surface area contributed by atoms with E-state index in [1.807, 2.05) is 0 Å². The van der Waals surface area contributed by atoms with Gasteiger partial charge in [-0.25, -0.2) is 0 Å². The van der Waals surface area contributed by atoms with Crippen LogP contribution in [0.15, 0.2) is 36.4 Å². The minimum Gasteiger partial charge on any atom is -0.495 e. The molecule has 0 spiro atoms. The van der Waals surface area contributed by atoms with Gasteiger partial charge in [-0.15, -0.1) is 0 Å². The first kappa shape index (κ1) is 17.3. The SMILES string of the molecule is COc1ccc(NC(=S)NC(=O)c2ccc3c(c2)OCCO3)cc1Cl. The lowest BCUT2D eigenvalue weighted by atomic mass is 10.2. The molecule has 2 N–H and O–H groups in total. The third-order valence-corrected chi connectivity index (χ3v) is 3.94. The van der Waals surface area contributed by atoms with E-state index in [9.17, 15) is 4.79 Å². The van der Waals surface area contributed by atoms with Crippen molar-refractivity contribution >= 4 is 40.5 Å². The number of nitrogens with one attached hydrogen (secondary N) is 2. The number of ether oxygens (including phenoxy) is 3. The number of hydrogen-bond acceptors (Lipinski definition) is 5. The van der Waals surface area contributed by atoms with Crippen LogP contribution in [0, 0.1) is 0 Å². The smallest absolute Gasteiger partial charge is 0.257 e. The van der Waals surface area contributed by atoms with Crippen LogP contribution < -0.4 is 24.8 Å². The molecule has 0 saturated heterocycles. The van der Waals surface area contributed by atoms with Gasteiger partial charge in [0, 0.05) is 11.3 Å². The number of carbonyl (C=O) groups excluding carboxylic acids is 1. The maximum atomic E-state index is 12.3. The van der Waals surface area contributed by atoms with E-state index in [1.165, 1.54) is 7.11 Å². The van der Waals surface area contributed by atoms with Gasteiger partial charge in [0.25, 0.3) is 5.91 Å². The van der Waals surface area contributed by atoms with Gasteiger partial charge in [-0.05, 0) is 48.6 Å². The maximum Gasteiger partial charge on any atom is 0.257 e. The zero-order valence-corrected chi connectivity index (χ0v) is 14.9. The quantitative estimate of drug-likeness (QED) is 0.799. The molecule has 1 aliphatic heterocycles. The van der Waals surface area contributed by atoms with Crippen LogP contribution in [0.2, 0.25) is 5.02 Å². The summed E-state index contributed by atoms with van der Waals surface area (Å²) in [6.07, 6.45) is 0. The molecule has 3 rings (SSSR count). The monoisotopic (exact) mass is 378 g/mol. The van der Waals surface area contributed by atoms with Crippen LogP contribution >= 0.6 is 23.8 Å². The third kappa shape index (κ3) is 4.12. The van der Waals surface area contributed by atoms with Gasteiger partial charge < -0.3 is 19.5 Å². The molecule has 1 aliphatic rings. The van der Waals surface area contributed by atoms with Crippen LogP contribution in [-0.2, 0) is 0 Å². The van der Waals surface area contributed by atoms with Gasteiger partial charge in [0.15, 0.2) is 16.6 Å². The Morgan fingerprint density at radius 2 is 1.92 bits per heavy atom. The number of rotatable bonds is 3. The van der Waals surface area contributed by atoms with Crippen molar-refractivity contribution < 1.29 is 19.0 Å². The molecule has 1 amide bonds. The number of carbonyl (C=O) groups is 1. The van der Waals surface area contributed by atoms with Gasteiger partial charge in [0.1, 0.15) is 19.0 Å². The number of halogens is 1. The van der Waals surface area contributed by atoms with Crippen LogP contribution in [0.5, 0.6) is 17.2 Å². The Bertz CT molecular complexity index is 828. The summed E-state index contributed by atoms with van der Waals surface area (Å²) in [6.45, 7) is 0.952. The molecule has 0 saturated carbocycles. The van der Waals surface area contributed by atoms with Gasteiger partial charge in [-0.3, -0.25) is 10.1 Å². The molecular weight excluding hydrogens is 364 g/mol. The van der Waals surface area contributed by atoms with E-state index in [2.05, 4.69) is 10.6 Å². The summed E-state index contributed by atoms with van der Waals surface area (Å²) < 4.78 is 16.0. The minimum absolute atomic E-state index is 0.154. The summed E-state index contributed by atoms with van der Waals surface area (Å²) >= 11 is 11.2. The summed E-state index contributed by atoms with van der Waals surface area (Å²) in [7, 11) is 1.53. The summed E-state index contributed by atoms with van der Waals surface area (Å²) in [5.41, 5.74) is 1.06. The molecule has 0 bridgehead atoms. The molecule has 130 valence electrons. The first-order valence-corrected chi connectivity index (χ1v) is 8.21. The molecule has 1 heterocycles. The fourth-order valence-corrected chi connectivity index (χ4v) is 2.73. The number of amides is 1. The Hall–Kier alpha value is -2.51. The lowest BCUT2D eigenvalue weighted by molar-refractivity contribution is 0.0976. The van der Waals surface area contributed by atoms with Crippen molar-refractivity contribution in [3.63, 3.8) is 0 Å². The second kappa shape index (κ2) is 7.58. The molecule has 0 fully saturated rings. The molecule has 0 aliphatic carbocycles. The topological polar surface area (TPSA) is 68.8 Å². The Labute approximate surface area is 155 Å². The third-order valence-electron chi connectivity index (χ3n) is 3.44. The van der Waals surface area contributed by atoms with E-state index < -0.39 is 0 Å². The van der Waals surface area contributed by atoms with E-state index in [1.54, 1.807) is 36.4 Å². The second-order valence-electron chi connectivity index (χ2n) is 5.12. The molecule has 0 atom stereocenters. The van der Waals surface area contributed by atoms with Gasteiger partial charge >= 0.3 is 0 Å². The Kier molecular flexibility index (Phi) is 5.25. The number of thiocarbonyl (C=S) groups is 1. The van der Waals surface area contributed by atoms with Crippen molar-refractivity contribution in [1.82, 2.24) is 5.32 Å². The van der Waals surface area contributed by atoms with Gasteiger partial charge in [0.2, 0.25) is 0 Å². The van der Waals surface area contributed by atoms with Crippen molar-refractivity contribution in [2.75, 3.05) is 25.6 Å². The highest BCUT2D eigenvalue weighted by Gasteiger charge is 2.15. The summed E-state index contributed by atoms with van der Waals surface area (Å²) in [5, 5.41) is 6.10. The summed E-state index contributed by atoms with van der Waals surface area (Å²) in [4.78, 5) is 12.3. The number of anilines is 1. The second-order valence-corrected chi connectivity index (χ2v) is 5.93. The zero-order valence-electron chi connectivity index (χ0n) is 13.3. The van der Waals surface area contributed by atoms with Crippen LogP contribution in [-0.4, -0.2) is 31.3 Å². The zero-order chi connectivity index (χ0) is 17.8.